The van der Waals surface area contributed by atoms with E-state index in [4.69, 9.17) is 10.00 Å². The summed E-state index contributed by atoms with van der Waals surface area (Å²) in [4.78, 5) is 25.0. The van der Waals surface area contributed by atoms with Gasteiger partial charge in [0.1, 0.15) is 11.5 Å². The summed E-state index contributed by atoms with van der Waals surface area (Å²) in [5, 5.41) is 8.83. The van der Waals surface area contributed by atoms with Gasteiger partial charge < -0.3 is 4.74 Å². The van der Waals surface area contributed by atoms with Crippen molar-refractivity contribution in [3.8, 4) is 6.07 Å². The predicted molar refractivity (Wildman–Crippen MR) is 61.1 cm³/mol. The molecular weight excluding hydrogens is 220 g/mol. The van der Waals surface area contributed by atoms with Crippen LogP contribution in [-0.4, -0.2) is 35.0 Å². The van der Waals surface area contributed by atoms with Gasteiger partial charge in [0.05, 0.1) is 12.1 Å². The molecule has 1 fully saturated rings. The van der Waals surface area contributed by atoms with Crippen LogP contribution in [0, 0.1) is 17.2 Å². The number of carbonyl (C=O) groups is 2. The number of ether oxygens (including phenoxy) is 1. The van der Waals surface area contributed by atoms with Crippen LogP contribution in [0.3, 0.4) is 0 Å². The first-order valence-corrected chi connectivity index (χ1v) is 5.73. The maximum absolute atomic E-state index is 11.9. The maximum Gasteiger partial charge on any atom is 0.410 e. The molecule has 0 aromatic heterocycles. The molecule has 0 aromatic carbocycles. The Morgan fingerprint density at radius 1 is 1.59 bits per heavy atom. The third kappa shape index (κ3) is 2.96. The molecule has 0 bridgehead atoms. The average molecular weight is 238 g/mol. The lowest BCUT2D eigenvalue weighted by molar-refractivity contribution is -0.121. The fraction of sp³-hybridized carbons (Fsp3) is 0.750. The zero-order valence-electron chi connectivity index (χ0n) is 10.7. The largest absolute Gasteiger partial charge is 0.444 e. The number of amides is 1. The summed E-state index contributed by atoms with van der Waals surface area (Å²) in [6.07, 6.45) is -0.00793. The molecule has 0 aromatic rings. The third-order valence-corrected chi connectivity index (χ3v) is 2.60. The summed E-state index contributed by atoms with van der Waals surface area (Å²) in [5.74, 6) is -0.895. The Hall–Kier alpha value is -1.57. The van der Waals surface area contributed by atoms with Gasteiger partial charge in [0.25, 0.3) is 0 Å². The standard InChI is InChI=1S/C12H18N2O3/c1-5-9-10(15)8(6-13)7-14(9)11(16)17-12(2,3)4/h8-9H,5,7H2,1-4H3. The van der Waals surface area contributed by atoms with Gasteiger partial charge in [-0.15, -0.1) is 0 Å². The van der Waals surface area contributed by atoms with Crippen molar-refractivity contribution in [2.24, 2.45) is 5.92 Å². The van der Waals surface area contributed by atoms with Crippen molar-refractivity contribution >= 4 is 11.9 Å². The normalized spacial score (nSPS) is 24.6. The second-order valence-electron chi connectivity index (χ2n) is 5.14. The lowest BCUT2D eigenvalue weighted by Gasteiger charge is -2.27. The Labute approximate surface area is 101 Å². The second kappa shape index (κ2) is 4.74. The first-order valence-electron chi connectivity index (χ1n) is 5.73. The van der Waals surface area contributed by atoms with Crippen LogP contribution in [0.1, 0.15) is 34.1 Å². The Morgan fingerprint density at radius 3 is 2.59 bits per heavy atom. The van der Waals surface area contributed by atoms with E-state index >= 15 is 0 Å². The summed E-state index contributed by atoms with van der Waals surface area (Å²) in [6.45, 7) is 7.27. The van der Waals surface area contributed by atoms with Crippen LogP contribution >= 0.6 is 0 Å². The Balaban J connectivity index is 2.81. The molecule has 0 radical (unpaired) electrons. The Bertz CT molecular complexity index is 365. The molecule has 5 heteroatoms. The van der Waals surface area contributed by atoms with Gasteiger partial charge in [-0.2, -0.15) is 5.26 Å². The molecule has 1 saturated heterocycles. The van der Waals surface area contributed by atoms with Crippen molar-refractivity contribution in [2.75, 3.05) is 6.54 Å². The topological polar surface area (TPSA) is 70.4 Å². The first-order chi connectivity index (χ1) is 7.80. The van der Waals surface area contributed by atoms with E-state index in [9.17, 15) is 9.59 Å². The van der Waals surface area contributed by atoms with Gasteiger partial charge in [-0.25, -0.2) is 4.79 Å². The van der Waals surface area contributed by atoms with Gasteiger partial charge in [0.15, 0.2) is 5.78 Å². The summed E-state index contributed by atoms with van der Waals surface area (Å²) >= 11 is 0. The molecule has 94 valence electrons. The van der Waals surface area contributed by atoms with E-state index in [1.54, 1.807) is 20.8 Å². The zero-order valence-corrected chi connectivity index (χ0v) is 10.7. The molecule has 0 saturated carbocycles. The summed E-state index contributed by atoms with van der Waals surface area (Å²) in [7, 11) is 0. The molecule has 0 aliphatic carbocycles. The molecule has 0 N–H and O–H groups in total. The predicted octanol–water partition coefficient (Wildman–Crippen LogP) is 1.72. The smallest absolute Gasteiger partial charge is 0.410 e. The number of Topliss-reactive ketones (excluding diaryl/α,β-unsaturated/α-hetero) is 1. The Morgan fingerprint density at radius 2 is 2.18 bits per heavy atom. The molecular formula is C12H18N2O3. The van der Waals surface area contributed by atoms with Crippen LogP contribution in [0.4, 0.5) is 4.79 Å². The summed E-state index contributed by atoms with van der Waals surface area (Å²) in [6, 6.07) is 1.41. The average Bonchev–Trinajstić information content (AvgIpc) is 2.52. The van der Waals surface area contributed by atoms with E-state index in [2.05, 4.69) is 0 Å². The molecule has 1 aliphatic heterocycles. The van der Waals surface area contributed by atoms with Gasteiger partial charge in [0.2, 0.25) is 0 Å². The van der Waals surface area contributed by atoms with Gasteiger partial charge in [-0.05, 0) is 27.2 Å². The highest BCUT2D eigenvalue weighted by Gasteiger charge is 2.43. The van der Waals surface area contributed by atoms with Crippen LogP contribution in [-0.2, 0) is 9.53 Å². The first kappa shape index (κ1) is 13.5. The minimum absolute atomic E-state index is 0.142. The maximum atomic E-state index is 11.9. The minimum atomic E-state index is -0.715. The zero-order chi connectivity index (χ0) is 13.2. The molecule has 1 rings (SSSR count). The van der Waals surface area contributed by atoms with Gasteiger partial charge in [0, 0.05) is 6.54 Å². The van der Waals surface area contributed by atoms with Gasteiger partial charge in [-0.3, -0.25) is 9.69 Å². The molecule has 0 spiro atoms. The highest BCUT2D eigenvalue weighted by Crippen LogP contribution is 2.23. The fourth-order valence-corrected chi connectivity index (χ4v) is 1.85. The molecule has 1 heterocycles. The number of ketones is 1. The van der Waals surface area contributed by atoms with E-state index in [1.807, 2.05) is 13.0 Å². The lowest BCUT2D eigenvalue weighted by atomic mass is 10.0. The number of hydrogen-bond donors (Lipinski definition) is 0. The van der Waals surface area contributed by atoms with Crippen molar-refractivity contribution in [2.45, 2.75) is 45.8 Å². The van der Waals surface area contributed by atoms with Crippen molar-refractivity contribution in [3.63, 3.8) is 0 Å². The molecule has 2 unspecified atom stereocenters. The fourth-order valence-electron chi connectivity index (χ4n) is 1.85. The van der Waals surface area contributed by atoms with Gasteiger partial charge >= 0.3 is 6.09 Å². The van der Waals surface area contributed by atoms with Crippen molar-refractivity contribution in [1.82, 2.24) is 4.90 Å². The lowest BCUT2D eigenvalue weighted by Crippen LogP contribution is -2.41. The van der Waals surface area contributed by atoms with E-state index < -0.39 is 23.7 Å². The summed E-state index contributed by atoms with van der Waals surface area (Å²) < 4.78 is 5.22. The van der Waals surface area contributed by atoms with Crippen molar-refractivity contribution < 1.29 is 14.3 Å². The van der Waals surface area contributed by atoms with E-state index in [1.165, 1.54) is 4.90 Å². The summed E-state index contributed by atoms with van der Waals surface area (Å²) in [5.41, 5.74) is -0.594. The number of hydrogen-bond acceptors (Lipinski definition) is 4. The highest BCUT2D eigenvalue weighted by molar-refractivity contribution is 5.94. The van der Waals surface area contributed by atoms with Crippen LogP contribution in [0.15, 0.2) is 0 Å². The minimum Gasteiger partial charge on any atom is -0.444 e. The number of nitrogens with zero attached hydrogens (tertiary/aromatic N) is 2. The van der Waals surface area contributed by atoms with Gasteiger partial charge in [-0.1, -0.05) is 6.92 Å². The van der Waals surface area contributed by atoms with Crippen LogP contribution in [0.2, 0.25) is 0 Å². The molecule has 1 aliphatic rings. The Kier molecular flexibility index (Phi) is 3.76. The molecule has 2 atom stereocenters. The van der Waals surface area contributed by atoms with E-state index in [0.717, 1.165) is 0 Å². The number of likely N-dealkylation sites (tertiary alicyclic amines) is 1. The van der Waals surface area contributed by atoms with E-state index in [0.29, 0.717) is 6.42 Å². The second-order valence-corrected chi connectivity index (χ2v) is 5.14. The quantitative estimate of drug-likeness (QED) is 0.697. The number of rotatable bonds is 1. The van der Waals surface area contributed by atoms with Crippen LogP contribution < -0.4 is 0 Å². The van der Waals surface area contributed by atoms with Crippen molar-refractivity contribution in [3.05, 3.63) is 0 Å². The number of carbonyl (C=O) groups excluding carboxylic acids is 2. The van der Waals surface area contributed by atoms with Crippen LogP contribution in [0.5, 0.6) is 0 Å². The monoisotopic (exact) mass is 238 g/mol. The third-order valence-electron chi connectivity index (χ3n) is 2.60. The SMILES string of the molecule is CCC1C(=O)C(C#N)CN1C(=O)OC(C)(C)C. The van der Waals surface area contributed by atoms with E-state index in [-0.39, 0.29) is 12.3 Å². The van der Waals surface area contributed by atoms with Crippen LogP contribution in [0.25, 0.3) is 0 Å². The highest BCUT2D eigenvalue weighted by atomic mass is 16.6. The number of nitriles is 1. The van der Waals surface area contributed by atoms with Crippen molar-refractivity contribution in [1.29, 1.82) is 5.26 Å². The molecule has 1 amide bonds. The molecule has 17 heavy (non-hydrogen) atoms. The molecule has 5 nitrogen and oxygen atoms in total.